The van der Waals surface area contributed by atoms with Gasteiger partial charge in [0.1, 0.15) is 29.3 Å². The Balaban J connectivity index is 1.68. The SMILES string of the molecule is COc1ccc2cc1Oc1cccc(OC)c1CNC(=O)[C@@H](C(C)C)NC(=O)[C@H]([C@@H](C)O)NC(=O)CN(C(=O)c1cnccn1)CCCCNC2=O. The van der Waals surface area contributed by atoms with Gasteiger partial charge >= 0.3 is 0 Å². The molecule has 3 atom stereocenters. The molecule has 5 amide bonds. The van der Waals surface area contributed by atoms with Crippen LogP contribution in [-0.4, -0.2) is 102 Å². The first-order valence-corrected chi connectivity index (χ1v) is 16.8. The number of nitrogens with zero attached hydrogens (tertiary/aromatic N) is 3. The predicted molar refractivity (Wildman–Crippen MR) is 188 cm³/mol. The molecule has 1 aliphatic heterocycles. The molecule has 16 heteroatoms. The van der Waals surface area contributed by atoms with Gasteiger partial charge in [-0.25, -0.2) is 4.98 Å². The summed E-state index contributed by atoms with van der Waals surface area (Å²) >= 11 is 0. The number of aliphatic hydroxyl groups excluding tert-OH is 1. The maximum absolute atomic E-state index is 13.6. The zero-order valence-electron chi connectivity index (χ0n) is 29.8. The number of benzene rings is 2. The number of carbonyl (C=O) groups excluding carboxylic acids is 5. The number of hydrogen-bond acceptors (Lipinski definition) is 11. The summed E-state index contributed by atoms with van der Waals surface area (Å²) in [6.07, 6.45) is 3.51. The monoisotopic (exact) mass is 719 g/mol. The van der Waals surface area contributed by atoms with Gasteiger partial charge in [0.15, 0.2) is 11.5 Å². The number of hydrogen-bond donors (Lipinski definition) is 5. The van der Waals surface area contributed by atoms with E-state index in [1.165, 1.54) is 50.7 Å². The Labute approximate surface area is 301 Å². The molecule has 0 fully saturated rings. The van der Waals surface area contributed by atoms with Crippen LogP contribution < -0.4 is 35.5 Å². The van der Waals surface area contributed by atoms with Crippen LogP contribution in [0.2, 0.25) is 0 Å². The van der Waals surface area contributed by atoms with Crippen molar-refractivity contribution in [3.05, 3.63) is 71.8 Å². The van der Waals surface area contributed by atoms with Crippen molar-refractivity contribution >= 4 is 29.5 Å². The van der Waals surface area contributed by atoms with Crippen LogP contribution in [-0.2, 0) is 20.9 Å². The highest BCUT2D eigenvalue weighted by molar-refractivity contribution is 5.97. The standard InChI is InChI=1S/C36H45N7O9/c1-21(2)31-34(47)40-18-24-26(50-4)9-8-10-27(24)52-29-17-23(11-12-28(29)51-5)33(46)39-13-6-7-16-43(36(49)25-19-37-14-15-38-25)20-30(45)41-32(22(3)44)35(48)42-31/h8-12,14-15,17,19,21-22,31-32,44H,6-7,13,16,18,20H2,1-5H3,(H,39,46)(H,40,47)(H,41,45)(H,42,48)/t22-,31-,32+/m1/s1. The number of nitrogens with one attached hydrogen (secondary N) is 4. The third kappa shape index (κ3) is 10.2. The molecule has 2 bridgehead atoms. The van der Waals surface area contributed by atoms with Crippen LogP contribution >= 0.6 is 0 Å². The zero-order valence-corrected chi connectivity index (χ0v) is 29.8. The van der Waals surface area contributed by atoms with E-state index in [4.69, 9.17) is 14.2 Å². The molecule has 3 aromatic rings. The first kappa shape index (κ1) is 39.0. The van der Waals surface area contributed by atoms with Crippen LogP contribution in [0, 0.1) is 5.92 Å². The summed E-state index contributed by atoms with van der Waals surface area (Å²) in [6, 6.07) is 7.28. The van der Waals surface area contributed by atoms with Gasteiger partial charge in [0, 0.05) is 31.0 Å². The molecule has 0 saturated heterocycles. The van der Waals surface area contributed by atoms with E-state index in [1.54, 1.807) is 44.2 Å². The van der Waals surface area contributed by atoms with Crippen molar-refractivity contribution in [1.82, 2.24) is 36.1 Å². The average Bonchev–Trinajstić information content (AvgIpc) is 3.13. The summed E-state index contributed by atoms with van der Waals surface area (Å²) in [4.78, 5) is 76.2. The van der Waals surface area contributed by atoms with Crippen molar-refractivity contribution in [2.75, 3.05) is 33.9 Å². The Bertz CT molecular complexity index is 1740. The molecule has 0 saturated carbocycles. The number of amides is 5. The Hall–Kier alpha value is -5.77. The van der Waals surface area contributed by atoms with E-state index in [-0.39, 0.29) is 37.0 Å². The van der Waals surface area contributed by atoms with Gasteiger partial charge in [-0.1, -0.05) is 19.9 Å². The molecule has 0 radical (unpaired) electrons. The molecule has 0 aliphatic carbocycles. The quantitative estimate of drug-likeness (QED) is 0.256. The van der Waals surface area contributed by atoms with E-state index in [0.717, 1.165) is 0 Å². The smallest absolute Gasteiger partial charge is 0.274 e. The maximum atomic E-state index is 13.6. The molecule has 1 aliphatic rings. The van der Waals surface area contributed by atoms with Crippen molar-refractivity contribution in [3.63, 3.8) is 0 Å². The van der Waals surface area contributed by atoms with Crippen LogP contribution in [0.1, 0.15) is 60.0 Å². The van der Waals surface area contributed by atoms with E-state index in [2.05, 4.69) is 31.2 Å². The summed E-state index contributed by atoms with van der Waals surface area (Å²) in [5.74, 6) is -2.12. The average molecular weight is 720 g/mol. The van der Waals surface area contributed by atoms with Gasteiger partial charge in [0.05, 0.1) is 45.2 Å². The van der Waals surface area contributed by atoms with Crippen LogP contribution in [0.5, 0.6) is 23.0 Å². The Morgan fingerprint density at radius 1 is 0.923 bits per heavy atom. The summed E-state index contributed by atoms with van der Waals surface area (Å²) in [5.41, 5.74) is 0.775. The summed E-state index contributed by atoms with van der Waals surface area (Å²) in [6.45, 7) is 4.59. The lowest BCUT2D eigenvalue weighted by Crippen LogP contribution is -2.59. The summed E-state index contributed by atoms with van der Waals surface area (Å²) in [5, 5.41) is 21.4. The minimum atomic E-state index is -1.45. The largest absolute Gasteiger partial charge is 0.496 e. The predicted octanol–water partition coefficient (Wildman–Crippen LogP) is 1.57. The van der Waals surface area contributed by atoms with E-state index >= 15 is 0 Å². The fourth-order valence-corrected chi connectivity index (χ4v) is 5.44. The molecular weight excluding hydrogens is 674 g/mol. The number of carbonyl (C=O) groups is 5. The molecule has 278 valence electrons. The van der Waals surface area contributed by atoms with Crippen LogP contribution in [0.3, 0.4) is 0 Å². The third-order valence-electron chi connectivity index (χ3n) is 8.27. The van der Waals surface area contributed by atoms with E-state index in [0.29, 0.717) is 41.2 Å². The van der Waals surface area contributed by atoms with E-state index in [1.807, 2.05) is 0 Å². The second-order valence-corrected chi connectivity index (χ2v) is 12.4. The minimum Gasteiger partial charge on any atom is -0.496 e. The molecule has 0 unspecified atom stereocenters. The lowest BCUT2D eigenvalue weighted by atomic mass is 10.0. The minimum absolute atomic E-state index is 0.00821. The molecular formula is C36H45N7O9. The first-order valence-electron chi connectivity index (χ1n) is 16.8. The number of fused-ring (bicyclic) bond motifs is 3. The van der Waals surface area contributed by atoms with Crippen molar-refractivity contribution in [1.29, 1.82) is 0 Å². The van der Waals surface area contributed by atoms with Crippen LogP contribution in [0.25, 0.3) is 0 Å². The van der Waals surface area contributed by atoms with Crippen molar-refractivity contribution < 1.29 is 43.3 Å². The fraction of sp³-hybridized carbons (Fsp3) is 0.417. The van der Waals surface area contributed by atoms with Gasteiger partial charge in [0.2, 0.25) is 17.7 Å². The van der Waals surface area contributed by atoms with Crippen molar-refractivity contribution in [3.8, 4) is 23.0 Å². The van der Waals surface area contributed by atoms with E-state index < -0.39 is 54.3 Å². The van der Waals surface area contributed by atoms with E-state index in [9.17, 15) is 29.1 Å². The molecule has 5 N–H and O–H groups in total. The molecule has 52 heavy (non-hydrogen) atoms. The second-order valence-electron chi connectivity index (χ2n) is 12.4. The number of ether oxygens (including phenoxy) is 3. The summed E-state index contributed by atoms with van der Waals surface area (Å²) < 4.78 is 17.3. The highest BCUT2D eigenvalue weighted by atomic mass is 16.5. The summed E-state index contributed by atoms with van der Waals surface area (Å²) in [7, 11) is 2.94. The number of aliphatic hydroxyl groups is 1. The molecule has 4 rings (SSSR count). The van der Waals surface area contributed by atoms with Crippen molar-refractivity contribution in [2.45, 2.75) is 58.3 Å². The van der Waals surface area contributed by atoms with Gasteiger partial charge in [-0.05, 0) is 56.0 Å². The lowest BCUT2D eigenvalue weighted by Gasteiger charge is -2.28. The molecule has 2 aromatic carbocycles. The van der Waals surface area contributed by atoms with Gasteiger partial charge in [0.25, 0.3) is 11.8 Å². The zero-order chi connectivity index (χ0) is 37.8. The Morgan fingerprint density at radius 2 is 1.69 bits per heavy atom. The Kier molecular flexibility index (Phi) is 13.9. The molecule has 1 aromatic heterocycles. The molecule has 16 nitrogen and oxygen atoms in total. The highest BCUT2D eigenvalue weighted by Crippen LogP contribution is 2.37. The normalized spacial score (nSPS) is 18.8. The number of methoxy groups -OCH3 is 2. The third-order valence-corrected chi connectivity index (χ3v) is 8.27. The molecule has 2 heterocycles. The maximum Gasteiger partial charge on any atom is 0.274 e. The van der Waals surface area contributed by atoms with Gasteiger partial charge in [-0.15, -0.1) is 0 Å². The van der Waals surface area contributed by atoms with Gasteiger partial charge in [-0.2, -0.15) is 0 Å². The molecule has 0 spiro atoms. The lowest BCUT2D eigenvalue weighted by molar-refractivity contribution is -0.135. The number of aromatic nitrogens is 2. The highest BCUT2D eigenvalue weighted by Gasteiger charge is 2.32. The first-order chi connectivity index (χ1) is 24.9. The van der Waals surface area contributed by atoms with Crippen LogP contribution in [0.4, 0.5) is 0 Å². The van der Waals surface area contributed by atoms with Gasteiger partial charge in [-0.3, -0.25) is 29.0 Å². The topological polar surface area (TPSA) is 210 Å². The van der Waals surface area contributed by atoms with Gasteiger partial charge < -0.3 is 45.5 Å². The second kappa shape index (κ2) is 18.5. The van der Waals surface area contributed by atoms with Crippen LogP contribution in [0.15, 0.2) is 55.0 Å². The Morgan fingerprint density at radius 3 is 2.37 bits per heavy atom. The van der Waals surface area contributed by atoms with Crippen molar-refractivity contribution in [2.24, 2.45) is 5.92 Å². The fourth-order valence-electron chi connectivity index (χ4n) is 5.44. The number of rotatable bonds is 5.